The molecule has 3 N–H and O–H groups in total. The molecule has 2 rings (SSSR count). The molecule has 5 heteroatoms. The Kier molecular flexibility index (Phi) is 5.47. The fourth-order valence-corrected chi connectivity index (χ4v) is 2.53. The van der Waals surface area contributed by atoms with Crippen LogP contribution in [0.1, 0.15) is 11.1 Å². The SMILES string of the molecule is COc1cccc(OC)c1CNCc1ccc(Br)cc1N. The minimum atomic E-state index is 0.642. The van der Waals surface area contributed by atoms with Gasteiger partial charge in [-0.15, -0.1) is 0 Å². The van der Waals surface area contributed by atoms with Crippen molar-refractivity contribution in [1.29, 1.82) is 0 Å². The van der Waals surface area contributed by atoms with Crippen molar-refractivity contribution < 1.29 is 9.47 Å². The molecule has 0 bridgehead atoms. The summed E-state index contributed by atoms with van der Waals surface area (Å²) in [6.45, 7) is 1.32. The second-order valence-electron chi connectivity index (χ2n) is 4.59. The summed E-state index contributed by atoms with van der Waals surface area (Å²) >= 11 is 3.41. The van der Waals surface area contributed by atoms with E-state index in [1.165, 1.54) is 0 Å². The molecular weight excluding hydrogens is 332 g/mol. The second-order valence-corrected chi connectivity index (χ2v) is 5.50. The number of benzene rings is 2. The number of nitrogens with one attached hydrogen (secondary N) is 1. The molecule has 0 fully saturated rings. The van der Waals surface area contributed by atoms with Crippen molar-refractivity contribution in [2.75, 3.05) is 20.0 Å². The molecule has 0 aromatic heterocycles. The maximum Gasteiger partial charge on any atom is 0.127 e. The molecule has 0 aliphatic rings. The monoisotopic (exact) mass is 350 g/mol. The molecule has 21 heavy (non-hydrogen) atoms. The first-order valence-electron chi connectivity index (χ1n) is 6.60. The molecule has 0 aliphatic heterocycles. The zero-order chi connectivity index (χ0) is 15.2. The summed E-state index contributed by atoms with van der Waals surface area (Å²) in [7, 11) is 3.32. The molecule has 0 amide bonds. The molecule has 0 unspecified atom stereocenters. The number of methoxy groups -OCH3 is 2. The third-order valence-corrected chi connectivity index (χ3v) is 3.75. The highest BCUT2D eigenvalue weighted by molar-refractivity contribution is 9.10. The van der Waals surface area contributed by atoms with Crippen LogP contribution in [0.4, 0.5) is 5.69 Å². The summed E-state index contributed by atoms with van der Waals surface area (Å²) in [5.74, 6) is 1.62. The predicted molar refractivity (Wildman–Crippen MR) is 88.6 cm³/mol. The van der Waals surface area contributed by atoms with Crippen LogP contribution in [-0.4, -0.2) is 14.2 Å². The summed E-state index contributed by atoms with van der Waals surface area (Å²) in [5.41, 5.74) is 8.82. The van der Waals surface area contributed by atoms with E-state index >= 15 is 0 Å². The minimum absolute atomic E-state index is 0.642. The summed E-state index contributed by atoms with van der Waals surface area (Å²) in [6, 6.07) is 11.7. The van der Waals surface area contributed by atoms with Crippen LogP contribution in [0.2, 0.25) is 0 Å². The van der Waals surface area contributed by atoms with Crippen molar-refractivity contribution >= 4 is 21.6 Å². The van der Waals surface area contributed by atoms with Gasteiger partial charge in [0.05, 0.1) is 14.2 Å². The van der Waals surface area contributed by atoms with Gasteiger partial charge in [-0.25, -0.2) is 0 Å². The van der Waals surface area contributed by atoms with E-state index < -0.39 is 0 Å². The van der Waals surface area contributed by atoms with Crippen LogP contribution >= 0.6 is 15.9 Å². The van der Waals surface area contributed by atoms with E-state index in [0.717, 1.165) is 32.8 Å². The molecule has 0 radical (unpaired) electrons. The zero-order valence-electron chi connectivity index (χ0n) is 12.2. The van der Waals surface area contributed by atoms with Gasteiger partial charge in [0.15, 0.2) is 0 Å². The van der Waals surface area contributed by atoms with Gasteiger partial charge in [0.2, 0.25) is 0 Å². The first kappa shape index (κ1) is 15.7. The van der Waals surface area contributed by atoms with Crippen LogP contribution in [0.3, 0.4) is 0 Å². The Labute approximate surface area is 133 Å². The lowest BCUT2D eigenvalue weighted by Gasteiger charge is -2.14. The maximum atomic E-state index is 5.99. The van der Waals surface area contributed by atoms with E-state index in [1.54, 1.807) is 14.2 Å². The predicted octanol–water partition coefficient (Wildman–Crippen LogP) is 3.34. The lowest BCUT2D eigenvalue weighted by Crippen LogP contribution is -2.15. The Bertz CT molecular complexity index is 595. The van der Waals surface area contributed by atoms with E-state index in [0.29, 0.717) is 13.1 Å². The van der Waals surface area contributed by atoms with Crippen LogP contribution in [-0.2, 0) is 13.1 Å². The van der Waals surface area contributed by atoms with Crippen molar-refractivity contribution in [1.82, 2.24) is 5.32 Å². The number of halogens is 1. The molecule has 2 aromatic rings. The standard InChI is InChI=1S/C16H19BrN2O2/c1-20-15-4-3-5-16(21-2)13(15)10-19-9-11-6-7-12(17)8-14(11)18/h3-8,19H,9-10,18H2,1-2H3. The molecule has 0 saturated heterocycles. The number of hydrogen-bond donors (Lipinski definition) is 2. The molecule has 0 heterocycles. The average Bonchev–Trinajstić information content (AvgIpc) is 2.49. The number of hydrogen-bond acceptors (Lipinski definition) is 4. The van der Waals surface area contributed by atoms with Crippen molar-refractivity contribution in [3.05, 3.63) is 52.0 Å². The molecule has 2 aromatic carbocycles. The van der Waals surface area contributed by atoms with Gasteiger partial charge >= 0.3 is 0 Å². The Morgan fingerprint density at radius 3 is 2.29 bits per heavy atom. The van der Waals surface area contributed by atoms with E-state index in [2.05, 4.69) is 21.2 Å². The van der Waals surface area contributed by atoms with Gasteiger partial charge in [0, 0.05) is 28.8 Å². The van der Waals surface area contributed by atoms with Gasteiger partial charge < -0.3 is 20.5 Å². The fraction of sp³-hybridized carbons (Fsp3) is 0.250. The van der Waals surface area contributed by atoms with Gasteiger partial charge in [0.1, 0.15) is 11.5 Å². The molecule has 0 saturated carbocycles. The maximum absolute atomic E-state index is 5.99. The van der Waals surface area contributed by atoms with Gasteiger partial charge in [-0.3, -0.25) is 0 Å². The van der Waals surface area contributed by atoms with E-state index in [9.17, 15) is 0 Å². The van der Waals surface area contributed by atoms with Crippen LogP contribution in [0.25, 0.3) is 0 Å². The molecule has 0 aliphatic carbocycles. The first-order chi connectivity index (χ1) is 10.2. The minimum Gasteiger partial charge on any atom is -0.496 e. The van der Waals surface area contributed by atoms with Crippen molar-refractivity contribution in [2.24, 2.45) is 0 Å². The summed E-state index contributed by atoms with van der Waals surface area (Å²) in [6.07, 6.45) is 0. The third kappa shape index (κ3) is 3.89. The Balaban J connectivity index is 2.06. The molecular formula is C16H19BrN2O2. The van der Waals surface area contributed by atoms with Crippen molar-refractivity contribution in [3.8, 4) is 11.5 Å². The highest BCUT2D eigenvalue weighted by atomic mass is 79.9. The van der Waals surface area contributed by atoms with Crippen LogP contribution in [0.15, 0.2) is 40.9 Å². The Hall–Kier alpha value is -1.72. The van der Waals surface area contributed by atoms with E-state index in [4.69, 9.17) is 15.2 Å². The van der Waals surface area contributed by atoms with Gasteiger partial charge in [-0.1, -0.05) is 28.1 Å². The Morgan fingerprint density at radius 1 is 1.05 bits per heavy atom. The fourth-order valence-electron chi connectivity index (χ4n) is 2.15. The normalized spacial score (nSPS) is 10.4. The van der Waals surface area contributed by atoms with Crippen LogP contribution in [0, 0.1) is 0 Å². The summed E-state index contributed by atoms with van der Waals surface area (Å²) in [4.78, 5) is 0. The highest BCUT2D eigenvalue weighted by Gasteiger charge is 2.09. The zero-order valence-corrected chi connectivity index (χ0v) is 13.7. The largest absolute Gasteiger partial charge is 0.496 e. The van der Waals surface area contributed by atoms with E-state index in [-0.39, 0.29) is 0 Å². The highest BCUT2D eigenvalue weighted by Crippen LogP contribution is 2.28. The van der Waals surface area contributed by atoms with Gasteiger partial charge in [-0.05, 0) is 29.8 Å². The quantitative estimate of drug-likeness (QED) is 0.784. The molecule has 0 atom stereocenters. The van der Waals surface area contributed by atoms with Crippen LogP contribution < -0.4 is 20.5 Å². The number of rotatable bonds is 6. The number of anilines is 1. The lowest BCUT2D eigenvalue weighted by molar-refractivity contribution is 0.382. The van der Waals surface area contributed by atoms with Crippen LogP contribution in [0.5, 0.6) is 11.5 Å². The molecule has 112 valence electrons. The van der Waals surface area contributed by atoms with Gasteiger partial charge in [-0.2, -0.15) is 0 Å². The average molecular weight is 351 g/mol. The van der Waals surface area contributed by atoms with Crippen molar-refractivity contribution in [3.63, 3.8) is 0 Å². The van der Waals surface area contributed by atoms with Gasteiger partial charge in [0.25, 0.3) is 0 Å². The topological polar surface area (TPSA) is 56.5 Å². The third-order valence-electron chi connectivity index (χ3n) is 3.26. The smallest absolute Gasteiger partial charge is 0.127 e. The Morgan fingerprint density at radius 2 is 1.71 bits per heavy atom. The summed E-state index contributed by atoms with van der Waals surface area (Å²) in [5, 5.41) is 3.37. The number of ether oxygens (including phenoxy) is 2. The number of nitrogens with two attached hydrogens (primary N) is 1. The first-order valence-corrected chi connectivity index (χ1v) is 7.39. The van der Waals surface area contributed by atoms with Crippen molar-refractivity contribution in [2.45, 2.75) is 13.1 Å². The van der Waals surface area contributed by atoms with E-state index in [1.807, 2.05) is 36.4 Å². The number of nitrogen functional groups attached to an aromatic ring is 1. The second kappa shape index (κ2) is 7.33. The molecule has 0 spiro atoms. The summed E-state index contributed by atoms with van der Waals surface area (Å²) < 4.78 is 11.7. The lowest BCUT2D eigenvalue weighted by atomic mass is 10.1. The molecule has 4 nitrogen and oxygen atoms in total.